The molecular formula is C14H13N3O3. The first-order chi connectivity index (χ1) is 9.65. The van der Waals surface area contributed by atoms with Gasteiger partial charge in [-0.05, 0) is 25.1 Å². The SMILES string of the molecule is COc1ccc2cc(C(=O)Nc3cc(C)on3)[nH]c2c1. The molecule has 0 aliphatic rings. The van der Waals surface area contributed by atoms with Crippen LogP contribution in [0.1, 0.15) is 16.2 Å². The molecule has 0 saturated heterocycles. The summed E-state index contributed by atoms with van der Waals surface area (Å²) in [5, 5.41) is 7.32. The first-order valence-corrected chi connectivity index (χ1v) is 6.07. The van der Waals surface area contributed by atoms with Crippen molar-refractivity contribution in [1.29, 1.82) is 0 Å². The highest BCUT2D eigenvalue weighted by atomic mass is 16.5. The zero-order chi connectivity index (χ0) is 14.1. The van der Waals surface area contributed by atoms with Gasteiger partial charge in [0.15, 0.2) is 5.82 Å². The summed E-state index contributed by atoms with van der Waals surface area (Å²) in [5.74, 6) is 1.50. The van der Waals surface area contributed by atoms with E-state index < -0.39 is 0 Å². The number of aryl methyl sites for hydroxylation is 1. The summed E-state index contributed by atoms with van der Waals surface area (Å²) in [7, 11) is 1.60. The number of aromatic amines is 1. The molecule has 3 rings (SSSR count). The second-order valence-electron chi connectivity index (χ2n) is 4.41. The quantitative estimate of drug-likeness (QED) is 0.767. The number of nitrogens with zero attached hydrogens (tertiary/aromatic N) is 1. The van der Waals surface area contributed by atoms with E-state index in [9.17, 15) is 4.79 Å². The van der Waals surface area contributed by atoms with Gasteiger partial charge >= 0.3 is 0 Å². The molecule has 0 bridgehead atoms. The Morgan fingerprint density at radius 2 is 2.20 bits per heavy atom. The van der Waals surface area contributed by atoms with Gasteiger partial charge in [-0.3, -0.25) is 4.79 Å². The Morgan fingerprint density at radius 3 is 2.90 bits per heavy atom. The van der Waals surface area contributed by atoms with Crippen LogP contribution in [0.5, 0.6) is 5.75 Å². The van der Waals surface area contributed by atoms with Gasteiger partial charge in [-0.1, -0.05) is 5.16 Å². The van der Waals surface area contributed by atoms with Crippen molar-refractivity contribution in [3.8, 4) is 5.75 Å². The Morgan fingerprint density at radius 1 is 1.35 bits per heavy atom. The van der Waals surface area contributed by atoms with E-state index in [-0.39, 0.29) is 5.91 Å². The Bertz CT molecular complexity index is 773. The number of anilines is 1. The monoisotopic (exact) mass is 271 g/mol. The zero-order valence-electron chi connectivity index (χ0n) is 11.1. The van der Waals surface area contributed by atoms with Crippen LogP contribution in [0, 0.1) is 6.92 Å². The maximum atomic E-state index is 12.1. The summed E-state index contributed by atoms with van der Waals surface area (Å²) in [6.07, 6.45) is 0. The van der Waals surface area contributed by atoms with Gasteiger partial charge in [0.05, 0.1) is 7.11 Å². The van der Waals surface area contributed by atoms with Crippen LogP contribution in [0.3, 0.4) is 0 Å². The number of fused-ring (bicyclic) bond motifs is 1. The predicted octanol–water partition coefficient (Wildman–Crippen LogP) is 2.73. The van der Waals surface area contributed by atoms with Crippen molar-refractivity contribution in [2.45, 2.75) is 6.92 Å². The zero-order valence-corrected chi connectivity index (χ0v) is 11.1. The van der Waals surface area contributed by atoms with Crippen molar-refractivity contribution < 1.29 is 14.1 Å². The van der Waals surface area contributed by atoms with Crippen LogP contribution in [0.4, 0.5) is 5.82 Å². The fraction of sp³-hybridized carbons (Fsp3) is 0.143. The Balaban J connectivity index is 1.87. The molecule has 0 unspecified atom stereocenters. The van der Waals surface area contributed by atoms with Crippen molar-refractivity contribution in [2.75, 3.05) is 12.4 Å². The summed E-state index contributed by atoms with van der Waals surface area (Å²) >= 11 is 0. The summed E-state index contributed by atoms with van der Waals surface area (Å²) in [5.41, 5.74) is 1.29. The number of benzene rings is 1. The van der Waals surface area contributed by atoms with Gasteiger partial charge < -0.3 is 19.6 Å². The lowest BCUT2D eigenvalue weighted by Gasteiger charge is -1.98. The second kappa shape index (κ2) is 4.73. The molecule has 0 aliphatic heterocycles. The maximum Gasteiger partial charge on any atom is 0.273 e. The fourth-order valence-electron chi connectivity index (χ4n) is 1.96. The highest BCUT2D eigenvalue weighted by Gasteiger charge is 2.12. The van der Waals surface area contributed by atoms with Crippen molar-refractivity contribution in [2.24, 2.45) is 0 Å². The van der Waals surface area contributed by atoms with Crippen LogP contribution in [0.25, 0.3) is 10.9 Å². The number of carbonyl (C=O) groups excluding carboxylic acids is 1. The number of methoxy groups -OCH3 is 1. The van der Waals surface area contributed by atoms with E-state index in [2.05, 4.69) is 15.5 Å². The number of nitrogens with one attached hydrogen (secondary N) is 2. The molecule has 102 valence electrons. The van der Waals surface area contributed by atoms with Crippen LogP contribution >= 0.6 is 0 Å². The van der Waals surface area contributed by atoms with E-state index >= 15 is 0 Å². The molecule has 2 N–H and O–H groups in total. The minimum Gasteiger partial charge on any atom is -0.497 e. The van der Waals surface area contributed by atoms with Crippen LogP contribution in [-0.4, -0.2) is 23.2 Å². The van der Waals surface area contributed by atoms with E-state index in [4.69, 9.17) is 9.26 Å². The first kappa shape index (κ1) is 12.3. The third-order valence-electron chi connectivity index (χ3n) is 2.94. The molecule has 2 aromatic heterocycles. The summed E-state index contributed by atoms with van der Waals surface area (Å²) in [4.78, 5) is 15.1. The maximum absolute atomic E-state index is 12.1. The number of aromatic nitrogens is 2. The van der Waals surface area contributed by atoms with Gasteiger partial charge in [0.1, 0.15) is 17.2 Å². The number of ether oxygens (including phenoxy) is 1. The van der Waals surface area contributed by atoms with Crippen molar-refractivity contribution in [1.82, 2.24) is 10.1 Å². The molecule has 2 heterocycles. The molecule has 0 radical (unpaired) electrons. The van der Waals surface area contributed by atoms with Crippen molar-refractivity contribution in [3.05, 3.63) is 41.8 Å². The lowest BCUT2D eigenvalue weighted by molar-refractivity contribution is 0.102. The number of hydrogen-bond acceptors (Lipinski definition) is 4. The molecule has 6 heteroatoms. The molecule has 0 saturated carbocycles. The van der Waals surface area contributed by atoms with E-state index in [0.717, 1.165) is 16.7 Å². The molecule has 20 heavy (non-hydrogen) atoms. The first-order valence-electron chi connectivity index (χ1n) is 6.07. The lowest BCUT2D eigenvalue weighted by atomic mass is 10.2. The van der Waals surface area contributed by atoms with Gasteiger partial charge in [0.2, 0.25) is 0 Å². The van der Waals surface area contributed by atoms with E-state index in [1.54, 1.807) is 26.2 Å². The molecule has 6 nitrogen and oxygen atoms in total. The summed E-state index contributed by atoms with van der Waals surface area (Å²) < 4.78 is 10.0. The normalized spacial score (nSPS) is 10.7. The molecule has 0 aliphatic carbocycles. The smallest absolute Gasteiger partial charge is 0.273 e. The summed E-state index contributed by atoms with van der Waals surface area (Å²) in [6.45, 7) is 1.76. The number of carbonyl (C=O) groups is 1. The molecule has 1 amide bonds. The third-order valence-corrected chi connectivity index (χ3v) is 2.94. The average Bonchev–Trinajstić information content (AvgIpc) is 3.03. The van der Waals surface area contributed by atoms with Gasteiger partial charge in [0, 0.05) is 23.0 Å². The standard InChI is InChI=1S/C14H13N3O3/c1-8-5-13(17-20-8)16-14(18)12-6-9-3-4-10(19-2)7-11(9)15-12/h3-7,15H,1-2H3,(H,16,17,18). The molecule has 0 fully saturated rings. The predicted molar refractivity (Wildman–Crippen MR) is 74.0 cm³/mol. The fourth-order valence-corrected chi connectivity index (χ4v) is 1.96. The largest absolute Gasteiger partial charge is 0.497 e. The minimum atomic E-state index is -0.270. The topological polar surface area (TPSA) is 80.2 Å². The third kappa shape index (κ3) is 2.23. The Hall–Kier alpha value is -2.76. The van der Waals surface area contributed by atoms with Gasteiger partial charge in [0.25, 0.3) is 5.91 Å². The number of hydrogen-bond donors (Lipinski definition) is 2. The van der Waals surface area contributed by atoms with Gasteiger partial charge in [-0.15, -0.1) is 0 Å². The van der Waals surface area contributed by atoms with Crippen LogP contribution < -0.4 is 10.1 Å². The van der Waals surface area contributed by atoms with Crippen LogP contribution in [0.15, 0.2) is 34.9 Å². The molecule has 1 aromatic carbocycles. The molecule has 0 spiro atoms. The van der Waals surface area contributed by atoms with Gasteiger partial charge in [-0.2, -0.15) is 0 Å². The lowest BCUT2D eigenvalue weighted by Crippen LogP contribution is -2.12. The molecular weight excluding hydrogens is 258 g/mol. The average molecular weight is 271 g/mol. The van der Waals surface area contributed by atoms with Crippen LogP contribution in [0.2, 0.25) is 0 Å². The Labute approximate surface area is 114 Å². The van der Waals surface area contributed by atoms with Crippen molar-refractivity contribution in [3.63, 3.8) is 0 Å². The number of amides is 1. The Kier molecular flexibility index (Phi) is 2.90. The van der Waals surface area contributed by atoms with E-state index in [1.807, 2.05) is 18.2 Å². The van der Waals surface area contributed by atoms with Crippen molar-refractivity contribution >= 4 is 22.6 Å². The highest BCUT2D eigenvalue weighted by Crippen LogP contribution is 2.21. The number of rotatable bonds is 3. The second-order valence-corrected chi connectivity index (χ2v) is 4.41. The van der Waals surface area contributed by atoms with E-state index in [0.29, 0.717) is 17.3 Å². The molecule has 3 aromatic rings. The van der Waals surface area contributed by atoms with E-state index in [1.165, 1.54) is 0 Å². The summed E-state index contributed by atoms with van der Waals surface area (Å²) in [6, 6.07) is 9.01. The van der Waals surface area contributed by atoms with Crippen LogP contribution in [-0.2, 0) is 0 Å². The van der Waals surface area contributed by atoms with Gasteiger partial charge in [-0.25, -0.2) is 0 Å². The minimum absolute atomic E-state index is 0.270. The number of H-pyrrole nitrogens is 1. The highest BCUT2D eigenvalue weighted by molar-refractivity contribution is 6.05. The molecule has 0 atom stereocenters.